The number of hydrogen-bond donors (Lipinski definition) is 1. The molecule has 1 aromatic heterocycles. The maximum Gasteiger partial charge on any atom is 0.110 e. The number of aryl methyl sites for hydroxylation is 1. The lowest BCUT2D eigenvalue weighted by Crippen LogP contribution is -2.08. The molecule has 19 heavy (non-hydrogen) atoms. The SMILES string of the molecule is Cn1ccnc1CCNc1cccc2ccccc12. The van der Waals surface area contributed by atoms with E-state index in [4.69, 9.17) is 0 Å². The zero-order valence-corrected chi connectivity index (χ0v) is 11.0. The van der Waals surface area contributed by atoms with Gasteiger partial charge in [-0.3, -0.25) is 0 Å². The van der Waals surface area contributed by atoms with Gasteiger partial charge >= 0.3 is 0 Å². The standard InChI is InChI=1S/C16H17N3/c1-19-12-11-18-16(19)9-10-17-15-8-4-6-13-5-2-3-7-14(13)15/h2-8,11-12,17H,9-10H2,1H3. The molecule has 96 valence electrons. The van der Waals surface area contributed by atoms with Gasteiger partial charge in [0.1, 0.15) is 5.82 Å². The van der Waals surface area contributed by atoms with Crippen molar-refractivity contribution in [2.24, 2.45) is 7.05 Å². The van der Waals surface area contributed by atoms with Crippen molar-refractivity contribution in [2.75, 3.05) is 11.9 Å². The molecule has 0 atom stereocenters. The monoisotopic (exact) mass is 251 g/mol. The molecule has 3 nitrogen and oxygen atoms in total. The summed E-state index contributed by atoms with van der Waals surface area (Å²) < 4.78 is 2.06. The Morgan fingerprint density at radius 1 is 1.11 bits per heavy atom. The predicted octanol–water partition coefficient (Wildman–Crippen LogP) is 3.23. The molecular weight excluding hydrogens is 234 g/mol. The molecule has 3 rings (SSSR count). The third kappa shape index (κ3) is 2.45. The molecule has 3 aromatic rings. The van der Waals surface area contributed by atoms with E-state index in [2.05, 4.69) is 57.3 Å². The van der Waals surface area contributed by atoms with Crippen LogP contribution in [-0.4, -0.2) is 16.1 Å². The van der Waals surface area contributed by atoms with E-state index in [0.717, 1.165) is 18.8 Å². The van der Waals surface area contributed by atoms with Crippen LogP contribution in [0, 0.1) is 0 Å². The summed E-state index contributed by atoms with van der Waals surface area (Å²) in [4.78, 5) is 4.33. The molecule has 3 heteroatoms. The molecule has 1 heterocycles. The van der Waals surface area contributed by atoms with Gasteiger partial charge in [0, 0.05) is 43.5 Å². The normalized spacial score (nSPS) is 10.8. The fourth-order valence-corrected chi connectivity index (χ4v) is 2.33. The van der Waals surface area contributed by atoms with Gasteiger partial charge < -0.3 is 9.88 Å². The van der Waals surface area contributed by atoms with Crippen LogP contribution in [0.15, 0.2) is 54.9 Å². The van der Waals surface area contributed by atoms with Crippen LogP contribution in [0.1, 0.15) is 5.82 Å². The minimum atomic E-state index is 0.888. The topological polar surface area (TPSA) is 29.9 Å². The Kier molecular flexibility index (Phi) is 3.19. The maximum absolute atomic E-state index is 4.33. The van der Waals surface area contributed by atoms with E-state index in [-0.39, 0.29) is 0 Å². The lowest BCUT2D eigenvalue weighted by atomic mass is 10.1. The fraction of sp³-hybridized carbons (Fsp3) is 0.188. The van der Waals surface area contributed by atoms with Crippen molar-refractivity contribution in [3.05, 3.63) is 60.7 Å². The summed E-state index contributed by atoms with van der Waals surface area (Å²) in [6.07, 6.45) is 4.74. The number of rotatable bonds is 4. The highest BCUT2D eigenvalue weighted by Gasteiger charge is 2.01. The van der Waals surface area contributed by atoms with Gasteiger partial charge in [-0.25, -0.2) is 4.98 Å². The predicted molar refractivity (Wildman–Crippen MR) is 79.3 cm³/mol. The van der Waals surface area contributed by atoms with E-state index in [1.807, 2.05) is 19.4 Å². The minimum Gasteiger partial charge on any atom is -0.384 e. The largest absolute Gasteiger partial charge is 0.384 e. The van der Waals surface area contributed by atoms with Crippen LogP contribution in [0.2, 0.25) is 0 Å². The first-order chi connectivity index (χ1) is 9.34. The van der Waals surface area contributed by atoms with Crippen LogP contribution >= 0.6 is 0 Å². The molecule has 0 aliphatic heterocycles. The smallest absolute Gasteiger partial charge is 0.110 e. The van der Waals surface area contributed by atoms with Crippen LogP contribution in [0.5, 0.6) is 0 Å². The number of anilines is 1. The molecule has 0 amide bonds. The molecule has 0 radical (unpaired) electrons. The first-order valence-electron chi connectivity index (χ1n) is 6.52. The van der Waals surface area contributed by atoms with Crippen molar-refractivity contribution in [3.63, 3.8) is 0 Å². The zero-order chi connectivity index (χ0) is 13.1. The minimum absolute atomic E-state index is 0.888. The second-order valence-electron chi connectivity index (χ2n) is 4.66. The first kappa shape index (κ1) is 11.8. The quantitative estimate of drug-likeness (QED) is 0.771. The van der Waals surface area contributed by atoms with E-state index < -0.39 is 0 Å². The number of hydrogen-bond acceptors (Lipinski definition) is 2. The number of nitrogens with one attached hydrogen (secondary N) is 1. The molecule has 0 unspecified atom stereocenters. The highest BCUT2D eigenvalue weighted by Crippen LogP contribution is 2.22. The van der Waals surface area contributed by atoms with Gasteiger partial charge in [0.15, 0.2) is 0 Å². The van der Waals surface area contributed by atoms with Crippen LogP contribution in [0.3, 0.4) is 0 Å². The van der Waals surface area contributed by atoms with Gasteiger partial charge in [0.2, 0.25) is 0 Å². The molecule has 2 aromatic carbocycles. The molecule has 0 aliphatic rings. The molecule has 0 fully saturated rings. The third-order valence-corrected chi connectivity index (χ3v) is 3.37. The van der Waals surface area contributed by atoms with Gasteiger partial charge in [-0.15, -0.1) is 0 Å². The van der Waals surface area contributed by atoms with Crippen molar-refractivity contribution >= 4 is 16.5 Å². The Bertz CT molecular complexity index is 680. The summed E-state index contributed by atoms with van der Waals surface area (Å²) >= 11 is 0. The maximum atomic E-state index is 4.33. The average Bonchev–Trinajstić information content (AvgIpc) is 2.85. The summed E-state index contributed by atoms with van der Waals surface area (Å²) in [5.74, 6) is 1.10. The van der Waals surface area contributed by atoms with Crippen molar-refractivity contribution in [2.45, 2.75) is 6.42 Å². The molecule has 0 saturated heterocycles. The lowest BCUT2D eigenvalue weighted by Gasteiger charge is -2.09. The number of benzene rings is 2. The van der Waals surface area contributed by atoms with E-state index in [1.165, 1.54) is 16.5 Å². The summed E-state index contributed by atoms with van der Waals surface area (Å²) in [6, 6.07) is 14.8. The van der Waals surface area contributed by atoms with E-state index in [1.54, 1.807) is 0 Å². The Hall–Kier alpha value is -2.29. The molecule has 1 N–H and O–H groups in total. The van der Waals surface area contributed by atoms with Crippen LogP contribution in [0.25, 0.3) is 10.8 Å². The Labute approximate surface area is 112 Å². The second kappa shape index (κ2) is 5.14. The van der Waals surface area contributed by atoms with E-state index >= 15 is 0 Å². The van der Waals surface area contributed by atoms with Crippen molar-refractivity contribution < 1.29 is 0 Å². The number of imidazole rings is 1. The highest BCUT2D eigenvalue weighted by atomic mass is 15.0. The second-order valence-corrected chi connectivity index (χ2v) is 4.66. The van der Waals surface area contributed by atoms with Gasteiger partial charge in [-0.2, -0.15) is 0 Å². The molecular formula is C16H17N3. The number of nitrogens with zero attached hydrogens (tertiary/aromatic N) is 2. The van der Waals surface area contributed by atoms with Crippen LogP contribution in [0.4, 0.5) is 5.69 Å². The zero-order valence-electron chi connectivity index (χ0n) is 11.0. The highest BCUT2D eigenvalue weighted by molar-refractivity contribution is 5.93. The molecule has 0 aliphatic carbocycles. The first-order valence-corrected chi connectivity index (χ1v) is 6.52. The van der Waals surface area contributed by atoms with Crippen LogP contribution in [-0.2, 0) is 13.5 Å². The molecule has 0 spiro atoms. The van der Waals surface area contributed by atoms with Crippen LogP contribution < -0.4 is 5.32 Å². The van der Waals surface area contributed by atoms with Gasteiger partial charge in [-0.1, -0.05) is 36.4 Å². The summed E-state index contributed by atoms with van der Waals surface area (Å²) in [7, 11) is 2.03. The van der Waals surface area contributed by atoms with Gasteiger partial charge in [0.25, 0.3) is 0 Å². The van der Waals surface area contributed by atoms with Crippen molar-refractivity contribution in [3.8, 4) is 0 Å². The average molecular weight is 251 g/mol. The molecule has 0 saturated carbocycles. The lowest BCUT2D eigenvalue weighted by molar-refractivity contribution is 0.790. The van der Waals surface area contributed by atoms with E-state index in [9.17, 15) is 0 Å². The van der Waals surface area contributed by atoms with Crippen molar-refractivity contribution in [1.29, 1.82) is 0 Å². The summed E-state index contributed by atoms with van der Waals surface area (Å²) in [6.45, 7) is 0.888. The van der Waals surface area contributed by atoms with Gasteiger partial charge in [-0.05, 0) is 11.5 Å². The Morgan fingerprint density at radius 2 is 1.95 bits per heavy atom. The number of aromatic nitrogens is 2. The van der Waals surface area contributed by atoms with E-state index in [0.29, 0.717) is 0 Å². The summed E-state index contributed by atoms with van der Waals surface area (Å²) in [5, 5.41) is 6.04. The molecule has 0 bridgehead atoms. The Morgan fingerprint density at radius 3 is 2.79 bits per heavy atom. The fourth-order valence-electron chi connectivity index (χ4n) is 2.33. The Balaban J connectivity index is 1.74. The third-order valence-electron chi connectivity index (χ3n) is 3.37. The van der Waals surface area contributed by atoms with Crippen molar-refractivity contribution in [1.82, 2.24) is 9.55 Å². The van der Waals surface area contributed by atoms with Gasteiger partial charge in [0.05, 0.1) is 0 Å². The number of fused-ring (bicyclic) bond motifs is 1. The summed E-state index contributed by atoms with van der Waals surface area (Å²) in [5.41, 5.74) is 1.19.